The van der Waals surface area contributed by atoms with Crippen LogP contribution in [0.25, 0.3) is 0 Å². The van der Waals surface area contributed by atoms with Crippen LogP contribution in [0, 0.1) is 69.5 Å². The lowest BCUT2D eigenvalue weighted by molar-refractivity contribution is -0.293. The lowest BCUT2D eigenvalue weighted by Crippen LogP contribution is -2.73. The van der Waals surface area contributed by atoms with E-state index in [1.165, 1.54) is 6.42 Å². The highest BCUT2D eigenvalue weighted by Gasteiger charge is 2.78. The first kappa shape index (κ1) is 41.1. The minimum Gasteiger partial charge on any atom is -0.481 e. The molecule has 13 atom stereocenters. The van der Waals surface area contributed by atoms with Gasteiger partial charge in [0.05, 0.1) is 41.8 Å². The summed E-state index contributed by atoms with van der Waals surface area (Å²) in [6.07, 6.45) is 19.2. The maximum absolute atomic E-state index is 14.1. The quantitative estimate of drug-likeness (QED) is 0.0630. The van der Waals surface area contributed by atoms with Crippen molar-refractivity contribution < 1.29 is 43.3 Å². The molecule has 5 saturated carbocycles. The van der Waals surface area contributed by atoms with Gasteiger partial charge in [0.25, 0.3) is 0 Å². The van der Waals surface area contributed by atoms with Gasteiger partial charge in [-0.2, -0.15) is 0 Å². The van der Waals surface area contributed by atoms with E-state index < -0.39 is 58.4 Å². The van der Waals surface area contributed by atoms with Gasteiger partial charge in [0.15, 0.2) is 0 Å². The Hall–Kier alpha value is -2.55. The molecule has 0 aromatic heterocycles. The van der Waals surface area contributed by atoms with E-state index in [4.69, 9.17) is 14.2 Å². The highest BCUT2D eigenvalue weighted by Crippen LogP contribution is 2.76. The lowest BCUT2D eigenvalue weighted by Gasteiger charge is -2.72. The van der Waals surface area contributed by atoms with Crippen LogP contribution < -0.4 is 0 Å². The third-order valence-corrected chi connectivity index (χ3v) is 15.9. The van der Waals surface area contributed by atoms with Gasteiger partial charge in [-0.25, -0.2) is 0 Å². The van der Waals surface area contributed by atoms with Gasteiger partial charge in [0.1, 0.15) is 0 Å². The molecule has 54 heavy (non-hydrogen) atoms. The molecule has 13 unspecified atom stereocenters. The number of carboxylic acid groups (broad SMARTS) is 1. The molecule has 1 spiro atoms. The van der Waals surface area contributed by atoms with E-state index in [-0.39, 0.29) is 59.6 Å². The van der Waals surface area contributed by atoms with Gasteiger partial charge in [-0.05, 0) is 106 Å². The van der Waals surface area contributed by atoms with Crippen molar-refractivity contribution in [3.63, 3.8) is 0 Å². The average Bonchev–Trinajstić information content (AvgIpc) is 3.63. The number of ether oxygens (including phenoxy) is 3. The smallest absolute Gasteiger partial charge is 0.318 e. The minimum atomic E-state index is -0.855. The van der Waals surface area contributed by atoms with Crippen LogP contribution in [0.3, 0.4) is 0 Å². The monoisotopic (exact) mass is 752 g/mol. The summed E-state index contributed by atoms with van der Waals surface area (Å²) >= 11 is 0. The topological polar surface area (TPSA) is 133 Å². The number of fused-ring (bicyclic) bond motifs is 2. The zero-order valence-electron chi connectivity index (χ0n) is 33.9. The number of unbranched alkanes of at least 4 members (excludes halogenated alkanes) is 7. The van der Waals surface area contributed by atoms with Gasteiger partial charge in [0.2, 0.25) is 0 Å². The minimum absolute atomic E-state index is 0.00148. The summed E-state index contributed by atoms with van der Waals surface area (Å²) in [6, 6.07) is 0. The number of carbonyl (C=O) groups is 5. The summed E-state index contributed by atoms with van der Waals surface area (Å²) in [6.45, 7) is 13.0. The fourth-order valence-corrected chi connectivity index (χ4v) is 13.5. The molecule has 0 aromatic rings. The Balaban J connectivity index is 1.41. The third kappa shape index (κ3) is 7.15. The number of cyclic esters (lactones) is 4. The maximum Gasteiger partial charge on any atom is 0.318 e. The molecular weight excluding hydrogens is 684 g/mol. The predicted octanol–water partition coefficient (Wildman–Crippen LogP) is 9.25. The molecule has 1 N–H and O–H groups in total. The normalized spacial score (nSPS) is 39.7. The lowest BCUT2D eigenvalue weighted by atomic mass is 9.31. The van der Waals surface area contributed by atoms with Crippen molar-refractivity contribution in [1.82, 2.24) is 0 Å². The Bertz CT molecular complexity index is 1450. The molecule has 9 heteroatoms. The molecule has 0 radical (unpaired) electrons. The molecule has 2 bridgehead atoms. The first-order chi connectivity index (χ1) is 25.7. The summed E-state index contributed by atoms with van der Waals surface area (Å²) in [7, 11) is 0. The summed E-state index contributed by atoms with van der Waals surface area (Å²) in [5, 5.41) is 10.6. The third-order valence-electron chi connectivity index (χ3n) is 15.9. The molecule has 302 valence electrons. The van der Waals surface area contributed by atoms with Crippen LogP contribution >= 0.6 is 0 Å². The fourth-order valence-electron chi connectivity index (χ4n) is 13.5. The Labute approximate surface area is 323 Å². The van der Waals surface area contributed by atoms with Crippen molar-refractivity contribution in [1.29, 1.82) is 0 Å². The van der Waals surface area contributed by atoms with Gasteiger partial charge >= 0.3 is 29.8 Å². The Morgan fingerprint density at radius 3 is 2.30 bits per heavy atom. The van der Waals surface area contributed by atoms with E-state index in [2.05, 4.69) is 46.8 Å². The predicted molar refractivity (Wildman–Crippen MR) is 203 cm³/mol. The molecular formula is C45H68O9. The first-order valence-electron chi connectivity index (χ1n) is 21.8. The van der Waals surface area contributed by atoms with Crippen LogP contribution in [-0.2, 0) is 38.2 Å². The first-order valence-corrected chi connectivity index (χ1v) is 21.8. The number of aliphatic carboxylic acids is 1. The van der Waals surface area contributed by atoms with E-state index in [9.17, 15) is 29.1 Å². The molecule has 0 amide bonds. The number of esters is 4. The Morgan fingerprint density at radius 1 is 0.907 bits per heavy atom. The highest BCUT2D eigenvalue weighted by atomic mass is 16.6. The Morgan fingerprint density at radius 2 is 1.63 bits per heavy atom. The van der Waals surface area contributed by atoms with Crippen molar-refractivity contribution in [2.24, 2.45) is 69.5 Å². The second-order valence-electron chi connectivity index (χ2n) is 19.1. The summed E-state index contributed by atoms with van der Waals surface area (Å²) in [4.78, 5) is 66.2. The zero-order valence-corrected chi connectivity index (χ0v) is 33.9. The van der Waals surface area contributed by atoms with Crippen molar-refractivity contribution in [2.75, 3.05) is 0 Å². The van der Waals surface area contributed by atoms with Crippen molar-refractivity contribution in [3.05, 3.63) is 12.2 Å². The highest BCUT2D eigenvalue weighted by molar-refractivity contribution is 5.98. The standard InChI is InChI=1S/C45H68O9/c1-7-9-11-13-15-18-28(30-26-34(46)53-39(30)47)24-29(19-16-14-12-10-8-2)52-38-35(27(3)4)31-25-33-43(5)21-17-22-44(6,42(50)51)32(43)20-23-45(33,38)37-36(31)40(48)54-41(37)49/h16,19,27-33,35-38H,7-15,17-18,20-26H2,1-6H3,(H,50,51)/b19-16+. The fraction of sp³-hybridized carbons (Fsp3) is 0.844. The van der Waals surface area contributed by atoms with E-state index in [0.717, 1.165) is 77.0 Å². The molecule has 7 rings (SSSR count). The van der Waals surface area contributed by atoms with Crippen LogP contribution in [0.4, 0.5) is 0 Å². The molecule has 2 heterocycles. The second-order valence-corrected chi connectivity index (χ2v) is 19.1. The second kappa shape index (κ2) is 16.5. The number of carboxylic acids is 1. The van der Waals surface area contributed by atoms with Gasteiger partial charge in [-0.15, -0.1) is 0 Å². The maximum atomic E-state index is 14.1. The number of hydrogen-bond donors (Lipinski definition) is 1. The number of rotatable bonds is 18. The largest absolute Gasteiger partial charge is 0.481 e. The average molecular weight is 753 g/mol. The molecule has 2 aliphatic heterocycles. The van der Waals surface area contributed by atoms with Gasteiger partial charge < -0.3 is 19.3 Å². The molecule has 2 saturated heterocycles. The van der Waals surface area contributed by atoms with Crippen molar-refractivity contribution in [2.45, 2.75) is 169 Å². The Kier molecular flexibility index (Phi) is 12.6. The van der Waals surface area contributed by atoms with Crippen LogP contribution in [0.1, 0.15) is 157 Å². The van der Waals surface area contributed by atoms with Gasteiger partial charge in [-0.3, -0.25) is 24.0 Å². The van der Waals surface area contributed by atoms with E-state index >= 15 is 0 Å². The summed E-state index contributed by atoms with van der Waals surface area (Å²) < 4.78 is 18.3. The van der Waals surface area contributed by atoms with E-state index in [0.29, 0.717) is 25.7 Å². The van der Waals surface area contributed by atoms with Gasteiger partial charge in [-0.1, -0.05) is 98.1 Å². The molecule has 0 aromatic carbocycles. The molecule has 7 aliphatic rings. The number of hydrogen-bond acceptors (Lipinski definition) is 8. The summed E-state index contributed by atoms with van der Waals surface area (Å²) in [5.74, 6) is -4.20. The van der Waals surface area contributed by atoms with E-state index in [1.807, 2.05) is 6.92 Å². The molecule has 9 nitrogen and oxygen atoms in total. The molecule has 7 fully saturated rings. The van der Waals surface area contributed by atoms with Crippen LogP contribution in [0.2, 0.25) is 0 Å². The van der Waals surface area contributed by atoms with Gasteiger partial charge in [0, 0.05) is 5.41 Å². The van der Waals surface area contributed by atoms with Crippen LogP contribution in [-0.4, -0.2) is 47.2 Å². The number of carbonyl (C=O) groups excluding carboxylic acids is 4. The summed E-state index contributed by atoms with van der Waals surface area (Å²) in [5.41, 5.74) is -1.89. The number of allylic oxidation sites excluding steroid dienone is 1. The van der Waals surface area contributed by atoms with Crippen molar-refractivity contribution in [3.8, 4) is 0 Å². The zero-order chi connectivity index (χ0) is 39.0. The van der Waals surface area contributed by atoms with Crippen LogP contribution in [0.15, 0.2) is 12.2 Å². The van der Waals surface area contributed by atoms with Crippen LogP contribution in [0.5, 0.6) is 0 Å². The SMILES string of the molecule is CCCCC/C=C/C(CC(CCCCCCC)C1CC(=O)OC1=O)OC1C(C(C)C)C2CC3C4(C)CCCC(C)(C(=O)O)C4CCC13C1C(=O)OC(=O)C21. The van der Waals surface area contributed by atoms with Crippen molar-refractivity contribution >= 4 is 29.8 Å². The molecule has 5 aliphatic carbocycles. The van der Waals surface area contributed by atoms with E-state index in [1.54, 1.807) is 0 Å².